The van der Waals surface area contributed by atoms with E-state index in [1.165, 1.54) is 0 Å². The predicted molar refractivity (Wildman–Crippen MR) is 93.8 cm³/mol. The van der Waals surface area contributed by atoms with Gasteiger partial charge in [0.05, 0.1) is 66.1 Å². The van der Waals surface area contributed by atoms with Crippen LogP contribution in [0.5, 0.6) is 0 Å². The summed E-state index contributed by atoms with van der Waals surface area (Å²) in [6.07, 6.45) is 1.26. The Balaban J connectivity index is 3.01. The summed E-state index contributed by atoms with van der Waals surface area (Å²) in [5, 5.41) is 0.841. The molecule has 7 nitrogen and oxygen atoms in total. The highest BCUT2D eigenvalue weighted by Crippen LogP contribution is 1.91. The Bertz CT molecular complexity index is 267. The van der Waals surface area contributed by atoms with E-state index < -0.39 is 0 Å². The van der Waals surface area contributed by atoms with Gasteiger partial charge in [0, 0.05) is 11.8 Å². The van der Waals surface area contributed by atoms with Crippen LogP contribution in [0.3, 0.4) is 0 Å². The quantitative estimate of drug-likeness (QED) is 0.181. The third-order valence-corrected chi connectivity index (χ3v) is 2.98. The molecule has 0 atom stereocenters. The molecule has 0 saturated carbocycles. The van der Waals surface area contributed by atoms with Gasteiger partial charge in [-0.2, -0.15) is 0 Å². The van der Waals surface area contributed by atoms with Crippen molar-refractivity contribution in [3.8, 4) is 0 Å². The number of ether oxygens (including phenoxy) is 6. The molecule has 0 aromatic heterocycles. The molecule has 0 N–H and O–H groups in total. The summed E-state index contributed by atoms with van der Waals surface area (Å²) in [6, 6.07) is 0. The van der Waals surface area contributed by atoms with Gasteiger partial charge >= 0.3 is 5.97 Å². The predicted octanol–water partition coefficient (Wildman–Crippen LogP) is 1.81. The van der Waals surface area contributed by atoms with Gasteiger partial charge in [-0.25, -0.2) is 0 Å². The van der Waals surface area contributed by atoms with Crippen molar-refractivity contribution in [1.82, 2.24) is 0 Å². The third kappa shape index (κ3) is 19.8. The van der Waals surface area contributed by atoms with Crippen LogP contribution in [-0.4, -0.2) is 84.0 Å². The first-order valence-electron chi connectivity index (χ1n) is 8.41. The normalized spacial score (nSPS) is 10.9. The molecule has 0 aromatic rings. The molecule has 0 spiro atoms. The Morgan fingerprint density at radius 3 is 1.42 bits per heavy atom. The Morgan fingerprint density at radius 1 is 0.667 bits per heavy atom. The van der Waals surface area contributed by atoms with Crippen LogP contribution in [0.4, 0.5) is 0 Å². The fourth-order valence-electron chi connectivity index (χ4n) is 1.53. The van der Waals surface area contributed by atoms with Crippen molar-refractivity contribution in [3.05, 3.63) is 0 Å². The first-order chi connectivity index (χ1) is 11.8. The summed E-state index contributed by atoms with van der Waals surface area (Å²) >= 11 is 3.28. The fourth-order valence-corrected chi connectivity index (χ4v) is 1.76. The van der Waals surface area contributed by atoms with Crippen LogP contribution in [0, 0.1) is 0 Å². The topological polar surface area (TPSA) is 72.5 Å². The van der Waals surface area contributed by atoms with Crippen LogP contribution < -0.4 is 0 Å². The maximum Gasteiger partial charge on any atom is 0.305 e. The lowest BCUT2D eigenvalue weighted by atomic mass is 10.3. The van der Waals surface area contributed by atoms with Gasteiger partial charge in [0.25, 0.3) is 0 Å². The van der Waals surface area contributed by atoms with Crippen LogP contribution in [0.25, 0.3) is 0 Å². The molecule has 0 aromatic carbocycles. The van der Waals surface area contributed by atoms with Crippen LogP contribution in [0.2, 0.25) is 0 Å². The van der Waals surface area contributed by atoms with Gasteiger partial charge in [0.2, 0.25) is 0 Å². The maximum absolute atomic E-state index is 11.1. The second-order valence-corrected chi connectivity index (χ2v) is 5.51. The van der Waals surface area contributed by atoms with Gasteiger partial charge < -0.3 is 28.4 Å². The Morgan fingerprint density at radius 2 is 1.04 bits per heavy atom. The largest absolute Gasteiger partial charge is 0.463 e. The molecule has 8 heteroatoms. The van der Waals surface area contributed by atoms with Crippen LogP contribution >= 0.6 is 15.9 Å². The minimum absolute atomic E-state index is 0.176. The lowest BCUT2D eigenvalue weighted by Gasteiger charge is -2.08. The summed E-state index contributed by atoms with van der Waals surface area (Å²) in [5.41, 5.74) is 0. The average Bonchev–Trinajstić information content (AvgIpc) is 2.58. The minimum Gasteiger partial charge on any atom is -0.463 e. The number of hydrogen-bond donors (Lipinski definition) is 0. The summed E-state index contributed by atoms with van der Waals surface area (Å²) < 4.78 is 31.5. The van der Waals surface area contributed by atoms with Crippen molar-refractivity contribution in [2.45, 2.75) is 19.8 Å². The van der Waals surface area contributed by atoms with Crippen molar-refractivity contribution in [2.24, 2.45) is 0 Å². The first kappa shape index (κ1) is 23.8. The number of carbonyl (C=O) groups is 1. The average molecular weight is 415 g/mol. The molecule has 0 amide bonds. The van der Waals surface area contributed by atoms with E-state index in [0.29, 0.717) is 79.1 Å². The molecule has 24 heavy (non-hydrogen) atoms. The third-order valence-electron chi connectivity index (χ3n) is 2.65. The molecule has 0 unspecified atom stereocenters. The molecular weight excluding hydrogens is 384 g/mol. The van der Waals surface area contributed by atoms with Gasteiger partial charge in [-0.15, -0.1) is 0 Å². The first-order valence-corrected chi connectivity index (χ1v) is 9.53. The highest BCUT2D eigenvalue weighted by Gasteiger charge is 1.99. The molecule has 0 heterocycles. The molecule has 0 bridgehead atoms. The van der Waals surface area contributed by atoms with Crippen LogP contribution in [0.1, 0.15) is 19.8 Å². The number of halogens is 1. The van der Waals surface area contributed by atoms with Crippen molar-refractivity contribution >= 4 is 21.9 Å². The fraction of sp³-hybridized carbons (Fsp3) is 0.938. The molecule has 0 rings (SSSR count). The van der Waals surface area contributed by atoms with E-state index >= 15 is 0 Å². The molecule has 0 aliphatic heterocycles. The van der Waals surface area contributed by atoms with E-state index in [0.717, 1.165) is 11.8 Å². The smallest absolute Gasteiger partial charge is 0.305 e. The highest BCUT2D eigenvalue weighted by atomic mass is 79.9. The van der Waals surface area contributed by atoms with Crippen LogP contribution in [0.15, 0.2) is 0 Å². The second kappa shape index (κ2) is 20.8. The highest BCUT2D eigenvalue weighted by molar-refractivity contribution is 9.09. The van der Waals surface area contributed by atoms with E-state index in [2.05, 4.69) is 15.9 Å². The summed E-state index contributed by atoms with van der Waals surface area (Å²) in [4.78, 5) is 11.1. The zero-order valence-corrected chi connectivity index (χ0v) is 16.2. The van der Waals surface area contributed by atoms with E-state index in [4.69, 9.17) is 28.4 Å². The number of alkyl halides is 1. The molecule has 144 valence electrons. The minimum atomic E-state index is -0.176. The molecule has 0 saturated heterocycles. The molecule has 0 fully saturated rings. The van der Waals surface area contributed by atoms with Crippen molar-refractivity contribution in [3.63, 3.8) is 0 Å². The van der Waals surface area contributed by atoms with Crippen LogP contribution in [-0.2, 0) is 33.2 Å². The van der Waals surface area contributed by atoms with Crippen molar-refractivity contribution < 1.29 is 33.2 Å². The Kier molecular flexibility index (Phi) is 20.6. The number of esters is 1. The molecule has 0 radical (unpaired) electrons. The van der Waals surface area contributed by atoms with Gasteiger partial charge in [-0.1, -0.05) is 22.9 Å². The van der Waals surface area contributed by atoms with E-state index in [9.17, 15) is 4.79 Å². The zero-order valence-electron chi connectivity index (χ0n) is 14.6. The van der Waals surface area contributed by atoms with Gasteiger partial charge in [-0.05, 0) is 6.42 Å². The van der Waals surface area contributed by atoms with E-state index in [1.54, 1.807) is 0 Å². The summed E-state index contributed by atoms with van der Waals surface area (Å²) in [7, 11) is 0. The van der Waals surface area contributed by atoms with E-state index in [1.807, 2.05) is 6.92 Å². The monoisotopic (exact) mass is 414 g/mol. The van der Waals surface area contributed by atoms with Gasteiger partial charge in [0.1, 0.15) is 6.61 Å². The van der Waals surface area contributed by atoms with Crippen molar-refractivity contribution in [1.29, 1.82) is 0 Å². The van der Waals surface area contributed by atoms with Gasteiger partial charge in [0.15, 0.2) is 0 Å². The second-order valence-electron chi connectivity index (χ2n) is 4.72. The SMILES string of the molecule is CCCC(=O)OCCOCCOCCOCCOCCOCCBr. The zero-order chi connectivity index (χ0) is 17.7. The summed E-state index contributed by atoms with van der Waals surface area (Å²) in [5.74, 6) is -0.176. The lowest BCUT2D eigenvalue weighted by Crippen LogP contribution is -2.15. The standard InChI is InChI=1S/C16H31BrO7/c1-2-3-16(18)24-15-14-23-13-12-22-11-10-21-9-8-20-7-6-19-5-4-17/h2-15H2,1H3. The Labute approximate surface area is 153 Å². The maximum atomic E-state index is 11.1. The molecular formula is C16H31BrO7. The molecule has 0 aliphatic carbocycles. The number of hydrogen-bond acceptors (Lipinski definition) is 7. The molecule has 0 aliphatic rings. The lowest BCUT2D eigenvalue weighted by molar-refractivity contribution is -0.145. The van der Waals surface area contributed by atoms with Gasteiger partial charge in [-0.3, -0.25) is 4.79 Å². The number of rotatable bonds is 19. The van der Waals surface area contributed by atoms with Crippen molar-refractivity contribution in [2.75, 3.05) is 78.0 Å². The van der Waals surface area contributed by atoms with E-state index in [-0.39, 0.29) is 5.97 Å². The summed E-state index contributed by atoms with van der Waals surface area (Å²) in [6.45, 7) is 7.62. The number of carbonyl (C=O) groups excluding carboxylic acids is 1. The Hall–Kier alpha value is -0.250.